The number of nitrogens with one attached hydrogen (secondary N) is 1. The zero-order chi connectivity index (χ0) is 27.4. The molecule has 0 spiro atoms. The quantitative estimate of drug-likeness (QED) is 0.119. The third-order valence-corrected chi connectivity index (χ3v) is 5.77. The van der Waals surface area contributed by atoms with Crippen molar-refractivity contribution < 1.29 is 28.8 Å². The van der Waals surface area contributed by atoms with Gasteiger partial charge in [0, 0.05) is 41.1 Å². The van der Waals surface area contributed by atoms with E-state index in [4.69, 9.17) is 9.47 Å². The topological polar surface area (TPSA) is 143 Å². The Kier molecular flexibility index (Phi) is 6.95. The first-order valence-electron chi connectivity index (χ1n) is 11.7. The Labute approximate surface area is 221 Å². The number of rotatable bonds is 8. The van der Waals surface area contributed by atoms with Gasteiger partial charge in [0.25, 0.3) is 11.6 Å². The van der Waals surface area contributed by atoms with E-state index >= 15 is 0 Å². The highest BCUT2D eigenvalue weighted by atomic mass is 16.6. The van der Waals surface area contributed by atoms with Gasteiger partial charge in [-0.05, 0) is 36.4 Å². The second-order valence-electron chi connectivity index (χ2n) is 8.43. The van der Waals surface area contributed by atoms with Gasteiger partial charge in [-0.1, -0.05) is 30.3 Å². The lowest BCUT2D eigenvalue weighted by molar-refractivity contribution is -0.384. The highest BCUT2D eigenvalue weighted by Crippen LogP contribution is 2.29. The number of para-hydroxylation sites is 1. The summed E-state index contributed by atoms with van der Waals surface area (Å²) in [6.07, 6.45) is 4.31. The number of esters is 1. The Morgan fingerprint density at radius 1 is 1.10 bits per heavy atom. The zero-order valence-electron chi connectivity index (χ0n) is 20.3. The molecule has 0 radical (unpaired) electrons. The van der Waals surface area contributed by atoms with Crippen LogP contribution in [0.1, 0.15) is 15.9 Å². The molecule has 0 bridgehead atoms. The van der Waals surface area contributed by atoms with Crippen LogP contribution in [-0.2, 0) is 14.3 Å². The SMILES string of the molecule is O=C1COc2ccc(C(=O)COC(=O)C=Cc3cn(-c4ccccc4)nc3-c3cccc([N+](=O)[O-])c3)cc2N1. The molecule has 3 aromatic carbocycles. The lowest BCUT2D eigenvalue weighted by atomic mass is 10.1. The standard InChI is InChI=1S/C28H20N4O7/c33-24(18-9-11-25-23(14-18)29-26(34)17-38-25)16-39-27(35)12-10-20-15-31(21-6-2-1-3-7-21)30-28(20)19-5-4-8-22(13-19)32(36)37/h1-15H,16-17H2,(H,29,34). The zero-order valence-corrected chi connectivity index (χ0v) is 20.3. The van der Waals surface area contributed by atoms with E-state index in [1.807, 2.05) is 30.3 Å². The number of Topliss-reactive ketones (excluding diaryl/α,β-unsaturated/α-hetero) is 1. The fourth-order valence-electron chi connectivity index (χ4n) is 3.90. The van der Waals surface area contributed by atoms with Crippen molar-refractivity contribution in [3.63, 3.8) is 0 Å². The molecule has 5 rings (SSSR count). The summed E-state index contributed by atoms with van der Waals surface area (Å²) in [6, 6.07) is 19.8. The van der Waals surface area contributed by atoms with Crippen molar-refractivity contribution in [2.45, 2.75) is 0 Å². The Bertz CT molecular complexity index is 1630. The van der Waals surface area contributed by atoms with Crippen LogP contribution in [-0.4, -0.2) is 45.6 Å². The summed E-state index contributed by atoms with van der Waals surface area (Å²) in [5.41, 5.74) is 2.69. The van der Waals surface area contributed by atoms with Gasteiger partial charge in [-0.25, -0.2) is 9.48 Å². The molecule has 1 aromatic heterocycles. The van der Waals surface area contributed by atoms with Crippen molar-refractivity contribution in [3.8, 4) is 22.7 Å². The number of carbonyl (C=O) groups is 3. The van der Waals surface area contributed by atoms with E-state index in [-0.39, 0.29) is 23.8 Å². The molecule has 4 aromatic rings. The van der Waals surface area contributed by atoms with Crippen LogP contribution >= 0.6 is 0 Å². The molecule has 0 aliphatic carbocycles. The molecular formula is C28H20N4O7. The molecule has 1 N–H and O–H groups in total. The number of benzene rings is 3. The molecule has 1 aliphatic rings. The van der Waals surface area contributed by atoms with Crippen molar-refractivity contribution in [1.29, 1.82) is 0 Å². The normalized spacial score (nSPS) is 12.4. The first kappa shape index (κ1) is 25.1. The van der Waals surface area contributed by atoms with Crippen LogP contribution < -0.4 is 10.1 Å². The number of fused-ring (bicyclic) bond motifs is 1. The minimum Gasteiger partial charge on any atom is -0.482 e. The van der Waals surface area contributed by atoms with Gasteiger partial charge in [0.2, 0.25) is 0 Å². The number of hydrogen-bond acceptors (Lipinski definition) is 8. The predicted molar refractivity (Wildman–Crippen MR) is 141 cm³/mol. The number of ether oxygens (including phenoxy) is 2. The van der Waals surface area contributed by atoms with E-state index in [9.17, 15) is 24.5 Å². The minimum atomic E-state index is -0.768. The van der Waals surface area contributed by atoms with E-state index in [0.29, 0.717) is 28.3 Å². The van der Waals surface area contributed by atoms with Crippen molar-refractivity contribution >= 4 is 35.1 Å². The highest BCUT2D eigenvalue weighted by molar-refractivity contribution is 6.02. The summed E-state index contributed by atoms with van der Waals surface area (Å²) < 4.78 is 12.0. The molecule has 11 nitrogen and oxygen atoms in total. The summed E-state index contributed by atoms with van der Waals surface area (Å²) in [4.78, 5) is 47.3. The molecule has 39 heavy (non-hydrogen) atoms. The molecular weight excluding hydrogens is 504 g/mol. The summed E-state index contributed by atoms with van der Waals surface area (Å²) in [7, 11) is 0. The summed E-state index contributed by atoms with van der Waals surface area (Å²) in [5, 5.41) is 18.5. The van der Waals surface area contributed by atoms with Crippen molar-refractivity contribution in [1.82, 2.24) is 9.78 Å². The Morgan fingerprint density at radius 3 is 2.72 bits per heavy atom. The van der Waals surface area contributed by atoms with Crippen molar-refractivity contribution in [2.75, 3.05) is 18.5 Å². The van der Waals surface area contributed by atoms with Gasteiger partial charge in [0.15, 0.2) is 19.0 Å². The molecule has 0 unspecified atom stereocenters. The van der Waals surface area contributed by atoms with Gasteiger partial charge in [0.1, 0.15) is 11.4 Å². The molecule has 194 valence electrons. The average Bonchev–Trinajstić information content (AvgIpc) is 3.39. The molecule has 0 saturated carbocycles. The maximum Gasteiger partial charge on any atom is 0.331 e. The number of nitrogens with zero attached hydrogens (tertiary/aromatic N) is 3. The van der Waals surface area contributed by atoms with Gasteiger partial charge in [-0.2, -0.15) is 5.10 Å². The number of anilines is 1. The maximum atomic E-state index is 12.6. The van der Waals surface area contributed by atoms with Gasteiger partial charge in [-0.3, -0.25) is 19.7 Å². The van der Waals surface area contributed by atoms with Crippen LogP contribution in [0.25, 0.3) is 23.0 Å². The van der Waals surface area contributed by atoms with Gasteiger partial charge in [0.05, 0.1) is 16.3 Å². The van der Waals surface area contributed by atoms with E-state index in [1.54, 1.807) is 29.1 Å². The van der Waals surface area contributed by atoms with E-state index in [2.05, 4.69) is 10.4 Å². The first-order valence-corrected chi connectivity index (χ1v) is 11.7. The number of nitro benzene ring substituents is 1. The number of ketones is 1. The minimum absolute atomic E-state index is 0.0945. The van der Waals surface area contributed by atoms with E-state index in [1.165, 1.54) is 30.3 Å². The number of hydrogen-bond donors (Lipinski definition) is 1. The molecule has 1 amide bonds. The average molecular weight is 524 g/mol. The largest absolute Gasteiger partial charge is 0.482 e. The summed E-state index contributed by atoms with van der Waals surface area (Å²) in [6.45, 7) is -0.616. The maximum absolute atomic E-state index is 12.6. The third-order valence-electron chi connectivity index (χ3n) is 5.77. The van der Waals surface area contributed by atoms with Crippen LogP contribution in [0.15, 0.2) is 85.1 Å². The number of amides is 1. The third kappa shape index (κ3) is 5.72. The summed E-state index contributed by atoms with van der Waals surface area (Å²) in [5.74, 6) is -1.12. The van der Waals surface area contributed by atoms with Crippen LogP contribution in [0.2, 0.25) is 0 Å². The second-order valence-corrected chi connectivity index (χ2v) is 8.43. The second kappa shape index (κ2) is 10.8. The van der Waals surface area contributed by atoms with E-state index < -0.39 is 23.3 Å². The Balaban J connectivity index is 1.33. The highest BCUT2D eigenvalue weighted by Gasteiger charge is 2.19. The Hall–Kier alpha value is -5.58. The van der Waals surface area contributed by atoms with Crippen LogP contribution in [0.3, 0.4) is 0 Å². The van der Waals surface area contributed by atoms with Crippen LogP contribution in [0.4, 0.5) is 11.4 Å². The molecule has 0 fully saturated rings. The van der Waals surface area contributed by atoms with Gasteiger partial charge < -0.3 is 14.8 Å². The lowest BCUT2D eigenvalue weighted by Crippen LogP contribution is -2.25. The first-order chi connectivity index (χ1) is 18.9. The van der Waals surface area contributed by atoms with Crippen LogP contribution in [0.5, 0.6) is 5.75 Å². The van der Waals surface area contributed by atoms with Gasteiger partial charge in [-0.15, -0.1) is 0 Å². The monoisotopic (exact) mass is 524 g/mol. The smallest absolute Gasteiger partial charge is 0.331 e. The number of non-ortho nitro benzene ring substituents is 1. The fraction of sp³-hybridized carbons (Fsp3) is 0.0714. The molecule has 0 saturated heterocycles. The number of aromatic nitrogens is 2. The fourth-order valence-corrected chi connectivity index (χ4v) is 3.90. The van der Waals surface area contributed by atoms with Crippen molar-refractivity contribution in [2.24, 2.45) is 0 Å². The lowest BCUT2D eigenvalue weighted by Gasteiger charge is -2.18. The summed E-state index contributed by atoms with van der Waals surface area (Å²) >= 11 is 0. The number of nitro groups is 1. The molecule has 2 heterocycles. The van der Waals surface area contributed by atoms with Crippen molar-refractivity contribution in [3.05, 3.63) is 106 Å². The molecule has 11 heteroatoms. The predicted octanol–water partition coefficient (Wildman–Crippen LogP) is 4.22. The molecule has 1 aliphatic heterocycles. The van der Waals surface area contributed by atoms with Gasteiger partial charge >= 0.3 is 5.97 Å². The van der Waals surface area contributed by atoms with E-state index in [0.717, 1.165) is 11.8 Å². The molecule has 0 atom stereocenters. The number of carbonyl (C=O) groups excluding carboxylic acids is 3. The Morgan fingerprint density at radius 2 is 1.92 bits per heavy atom. The van der Waals surface area contributed by atoms with Crippen LogP contribution in [0, 0.1) is 10.1 Å².